The van der Waals surface area contributed by atoms with E-state index in [1.54, 1.807) is 6.07 Å². The van der Waals surface area contributed by atoms with E-state index in [0.717, 1.165) is 12.0 Å². The molecule has 0 aromatic heterocycles. The molecule has 1 aromatic rings. The molecule has 0 unspecified atom stereocenters. The molecule has 2 bridgehead atoms. The maximum Gasteiger partial charge on any atom is 0.320 e. The van der Waals surface area contributed by atoms with E-state index in [0.29, 0.717) is 44.6 Å². The number of hydrogen-bond acceptors (Lipinski definition) is 4. The zero-order chi connectivity index (χ0) is 20.3. The van der Waals surface area contributed by atoms with Crippen molar-refractivity contribution in [2.45, 2.75) is 63.5 Å². The molecule has 1 aliphatic carbocycles. The molecule has 6 nitrogen and oxygen atoms in total. The highest BCUT2D eigenvalue weighted by atomic mass is 16.3. The Morgan fingerprint density at radius 3 is 2.46 bits per heavy atom. The van der Waals surface area contributed by atoms with Gasteiger partial charge in [-0.05, 0) is 48.3 Å². The van der Waals surface area contributed by atoms with Gasteiger partial charge in [-0.3, -0.25) is 0 Å². The number of aliphatic hydroxyl groups excluding tert-OH is 1. The molecular weight excluding hydrogens is 356 g/mol. The number of urea groups is 1. The highest BCUT2D eigenvalue weighted by Crippen LogP contribution is 2.57. The van der Waals surface area contributed by atoms with Gasteiger partial charge in [0.15, 0.2) is 0 Å². The molecule has 2 saturated heterocycles. The lowest BCUT2D eigenvalue weighted by Crippen LogP contribution is -2.67. The molecule has 28 heavy (non-hydrogen) atoms. The second-order valence-electron chi connectivity index (χ2n) is 9.67. The number of phenolic OH excluding ortho intramolecular Hbond substituents is 1. The smallest absolute Gasteiger partial charge is 0.320 e. The second kappa shape index (κ2) is 6.36. The fourth-order valence-electron chi connectivity index (χ4n) is 5.61. The van der Waals surface area contributed by atoms with Crippen LogP contribution in [0, 0.1) is 5.41 Å². The van der Waals surface area contributed by atoms with Gasteiger partial charge in [-0.1, -0.05) is 32.9 Å². The zero-order valence-corrected chi connectivity index (χ0v) is 17.1. The number of phenols is 1. The van der Waals surface area contributed by atoms with Gasteiger partial charge in [0, 0.05) is 31.1 Å². The van der Waals surface area contributed by atoms with Crippen molar-refractivity contribution in [3.63, 3.8) is 0 Å². The van der Waals surface area contributed by atoms with Gasteiger partial charge in [0.05, 0.1) is 12.2 Å². The Balaban J connectivity index is 1.62. The lowest BCUT2D eigenvalue weighted by atomic mass is 9.51. The summed E-state index contributed by atoms with van der Waals surface area (Å²) in [4.78, 5) is 17.2. The van der Waals surface area contributed by atoms with Crippen LogP contribution in [0.3, 0.4) is 0 Å². The minimum atomic E-state index is -1.06. The van der Waals surface area contributed by atoms with Crippen molar-refractivity contribution in [3.05, 3.63) is 29.3 Å². The predicted molar refractivity (Wildman–Crippen MR) is 106 cm³/mol. The van der Waals surface area contributed by atoms with Crippen molar-refractivity contribution in [1.29, 1.82) is 0 Å². The molecule has 1 aromatic carbocycles. The molecule has 0 radical (unpaired) electrons. The second-order valence-corrected chi connectivity index (χ2v) is 9.67. The third kappa shape index (κ3) is 2.65. The summed E-state index contributed by atoms with van der Waals surface area (Å²) in [5.41, 5.74) is 0.904. The van der Waals surface area contributed by atoms with Crippen LogP contribution in [0.15, 0.2) is 18.2 Å². The summed E-state index contributed by atoms with van der Waals surface area (Å²) in [5.74, 6) is 0.324. The Morgan fingerprint density at radius 1 is 1.14 bits per heavy atom. The topological polar surface area (TPSA) is 84.2 Å². The van der Waals surface area contributed by atoms with Crippen LogP contribution < -0.4 is 0 Å². The normalized spacial score (nSPS) is 30.7. The van der Waals surface area contributed by atoms with Gasteiger partial charge in [-0.2, -0.15) is 0 Å². The molecule has 2 aliphatic heterocycles. The average molecular weight is 389 g/mol. The van der Waals surface area contributed by atoms with Gasteiger partial charge in [-0.15, -0.1) is 0 Å². The van der Waals surface area contributed by atoms with Crippen LogP contribution >= 0.6 is 0 Å². The quantitative estimate of drug-likeness (QED) is 0.689. The summed E-state index contributed by atoms with van der Waals surface area (Å²) in [6.45, 7) is 8.09. The van der Waals surface area contributed by atoms with E-state index in [-0.39, 0.29) is 29.5 Å². The van der Waals surface area contributed by atoms with Crippen molar-refractivity contribution in [2.24, 2.45) is 5.41 Å². The summed E-state index contributed by atoms with van der Waals surface area (Å²) in [6.07, 6.45) is 2.31. The number of nitrogens with zero attached hydrogens (tertiary/aromatic N) is 2. The summed E-state index contributed by atoms with van der Waals surface area (Å²) in [7, 11) is 0. The van der Waals surface area contributed by atoms with Crippen LogP contribution in [0.1, 0.15) is 51.2 Å². The van der Waals surface area contributed by atoms with Crippen LogP contribution in [0.25, 0.3) is 0 Å². The van der Waals surface area contributed by atoms with E-state index in [4.69, 9.17) is 0 Å². The Kier molecular flexibility index (Phi) is 4.43. The maximum atomic E-state index is 13.4. The van der Waals surface area contributed by atoms with Gasteiger partial charge in [0.1, 0.15) is 5.75 Å². The number of likely N-dealkylation sites (tertiary alicyclic amines) is 2. The summed E-state index contributed by atoms with van der Waals surface area (Å²) in [6, 6.07) is 5.81. The molecule has 2 amide bonds. The first-order chi connectivity index (χ1) is 13.1. The number of aromatic hydroxyl groups is 1. The number of fused-ring (bicyclic) bond motifs is 4. The summed E-state index contributed by atoms with van der Waals surface area (Å²) >= 11 is 0. The average Bonchev–Trinajstić information content (AvgIpc) is 2.65. The van der Waals surface area contributed by atoms with E-state index in [1.807, 2.05) is 15.9 Å². The predicted octanol–water partition coefficient (Wildman–Crippen LogP) is 2.25. The Bertz CT molecular complexity index is 785. The van der Waals surface area contributed by atoms with E-state index >= 15 is 0 Å². The van der Waals surface area contributed by atoms with Crippen molar-refractivity contribution < 1.29 is 20.1 Å². The largest absolute Gasteiger partial charge is 0.508 e. The fraction of sp³-hybridized carbons (Fsp3) is 0.682. The lowest BCUT2D eigenvalue weighted by Gasteiger charge is -2.61. The van der Waals surface area contributed by atoms with Crippen molar-refractivity contribution >= 4 is 6.03 Å². The highest BCUT2D eigenvalue weighted by Gasteiger charge is 2.57. The first-order valence-corrected chi connectivity index (χ1v) is 10.3. The molecule has 3 aliphatic rings. The van der Waals surface area contributed by atoms with Crippen LogP contribution in [-0.4, -0.2) is 69.0 Å². The first-order valence-electron chi connectivity index (χ1n) is 10.3. The number of carbonyl (C=O) groups excluding carboxylic acids is 1. The molecule has 2 fully saturated rings. The van der Waals surface area contributed by atoms with Crippen molar-refractivity contribution in [3.8, 4) is 5.75 Å². The van der Waals surface area contributed by atoms with Gasteiger partial charge >= 0.3 is 6.03 Å². The lowest BCUT2D eigenvalue weighted by molar-refractivity contribution is -0.0620. The van der Waals surface area contributed by atoms with Gasteiger partial charge < -0.3 is 25.1 Å². The van der Waals surface area contributed by atoms with Crippen LogP contribution in [0.5, 0.6) is 5.75 Å². The summed E-state index contributed by atoms with van der Waals surface area (Å²) < 4.78 is 0. The number of rotatable bonds is 1. The molecule has 2 heterocycles. The Hall–Kier alpha value is -1.79. The van der Waals surface area contributed by atoms with E-state index in [9.17, 15) is 20.1 Å². The van der Waals surface area contributed by atoms with Crippen LogP contribution in [0.4, 0.5) is 4.79 Å². The maximum absolute atomic E-state index is 13.4. The van der Waals surface area contributed by atoms with Crippen LogP contribution in [0.2, 0.25) is 0 Å². The number of hydrogen-bond donors (Lipinski definition) is 3. The van der Waals surface area contributed by atoms with Gasteiger partial charge in [-0.25, -0.2) is 4.79 Å². The minimum absolute atomic E-state index is 0.0122. The van der Waals surface area contributed by atoms with Crippen molar-refractivity contribution in [1.82, 2.24) is 9.80 Å². The molecule has 3 N–H and O–H groups in total. The monoisotopic (exact) mass is 388 g/mol. The minimum Gasteiger partial charge on any atom is -0.508 e. The third-order valence-corrected chi connectivity index (χ3v) is 8.13. The molecule has 0 saturated carbocycles. The molecule has 6 heteroatoms. The number of aliphatic hydroxyl groups is 2. The number of benzene rings is 1. The Morgan fingerprint density at radius 2 is 1.82 bits per heavy atom. The number of piperidine rings is 2. The number of carbonyl (C=O) groups is 1. The molecular formula is C22H32N2O4. The molecule has 0 spiro atoms. The zero-order valence-electron chi connectivity index (χ0n) is 17.1. The molecule has 2 atom stereocenters. The molecule has 4 rings (SSSR count). The SMILES string of the molecule is CC1(C)[C@H]2Cc3c(O)cccc3[C@]1(C)CCN2C(=O)N1CCC(O)(CO)CC1. The standard InChI is InChI=1S/C22H32N2O4/c1-20(2)18-13-15-16(5-4-6-17(15)26)21(20,3)7-12-24(18)19(27)23-10-8-22(28,14-25)9-11-23/h4-6,18,25-26,28H,7-14H2,1-3H3/t18-,21+/m1/s1. The van der Waals surface area contributed by atoms with E-state index in [1.165, 1.54) is 5.56 Å². The van der Waals surface area contributed by atoms with Gasteiger partial charge in [0.2, 0.25) is 0 Å². The fourth-order valence-corrected chi connectivity index (χ4v) is 5.61. The van der Waals surface area contributed by atoms with E-state index < -0.39 is 5.60 Å². The van der Waals surface area contributed by atoms with E-state index in [2.05, 4.69) is 26.8 Å². The first kappa shape index (κ1) is 19.5. The van der Waals surface area contributed by atoms with Crippen molar-refractivity contribution in [2.75, 3.05) is 26.2 Å². The third-order valence-electron chi connectivity index (χ3n) is 8.13. The Labute approximate surface area is 166 Å². The molecule has 154 valence electrons. The highest BCUT2D eigenvalue weighted by molar-refractivity contribution is 5.76. The number of amides is 2. The summed E-state index contributed by atoms with van der Waals surface area (Å²) in [5, 5.41) is 30.1. The van der Waals surface area contributed by atoms with Gasteiger partial charge in [0.25, 0.3) is 0 Å². The van der Waals surface area contributed by atoms with Crippen LogP contribution in [-0.2, 0) is 11.8 Å².